The third-order valence-electron chi connectivity index (χ3n) is 2.53. The summed E-state index contributed by atoms with van der Waals surface area (Å²) in [6.07, 6.45) is 0. The van der Waals surface area contributed by atoms with Crippen molar-refractivity contribution in [3.63, 3.8) is 0 Å². The number of sulfonamides is 1. The van der Waals surface area contributed by atoms with Gasteiger partial charge in [0.2, 0.25) is 10.0 Å². The van der Waals surface area contributed by atoms with E-state index in [9.17, 15) is 18.3 Å². The van der Waals surface area contributed by atoms with Gasteiger partial charge < -0.3 is 21.1 Å². The molecule has 112 valence electrons. The highest BCUT2D eigenvalue weighted by molar-refractivity contribution is 7.89. The number of carbonyl (C=O) groups is 1. The van der Waals surface area contributed by atoms with Crippen LogP contribution in [0.4, 0.5) is 5.69 Å². The van der Waals surface area contributed by atoms with Crippen LogP contribution in [0, 0.1) is 0 Å². The first-order valence-electron chi connectivity index (χ1n) is 5.55. The largest absolute Gasteiger partial charge is 0.478 e. The zero-order valence-electron chi connectivity index (χ0n) is 10.7. The van der Waals surface area contributed by atoms with Crippen molar-refractivity contribution in [1.82, 2.24) is 4.72 Å². The first-order chi connectivity index (χ1) is 9.09. The van der Waals surface area contributed by atoms with Crippen LogP contribution in [-0.2, 0) is 10.0 Å². The van der Waals surface area contributed by atoms with Crippen molar-refractivity contribution in [2.75, 3.05) is 18.9 Å². The molecule has 0 aliphatic rings. The van der Waals surface area contributed by atoms with E-state index in [4.69, 9.17) is 15.9 Å². The molecule has 0 radical (unpaired) electrons. The minimum atomic E-state index is -4.02. The number of carboxylic acid groups (broad SMARTS) is 1. The highest BCUT2D eigenvalue weighted by Crippen LogP contribution is 2.20. The Labute approximate surface area is 115 Å². The number of hydrogen-bond acceptors (Lipinski definition) is 6. The second-order valence-corrected chi connectivity index (χ2v) is 6.27. The number of nitrogens with two attached hydrogens (primary N) is 1. The molecule has 1 aromatic rings. The summed E-state index contributed by atoms with van der Waals surface area (Å²) in [6, 6.07) is 3.20. The van der Waals surface area contributed by atoms with Crippen LogP contribution in [0.2, 0.25) is 0 Å². The Morgan fingerprint density at radius 3 is 2.50 bits per heavy atom. The number of rotatable bonds is 6. The summed E-state index contributed by atoms with van der Waals surface area (Å²) in [5, 5.41) is 27.1. The molecule has 8 nitrogen and oxygen atoms in total. The molecule has 0 spiro atoms. The molecule has 0 saturated heterocycles. The van der Waals surface area contributed by atoms with Gasteiger partial charge in [0.1, 0.15) is 4.90 Å². The van der Waals surface area contributed by atoms with Crippen molar-refractivity contribution in [2.24, 2.45) is 0 Å². The molecule has 1 unspecified atom stereocenters. The highest BCUT2D eigenvalue weighted by atomic mass is 32.2. The lowest BCUT2D eigenvalue weighted by molar-refractivity contribution is 0.00681. The van der Waals surface area contributed by atoms with E-state index in [1.807, 2.05) is 0 Å². The maximum Gasteiger partial charge on any atom is 0.335 e. The van der Waals surface area contributed by atoms with Crippen LogP contribution in [0.15, 0.2) is 23.1 Å². The first kappa shape index (κ1) is 16.4. The van der Waals surface area contributed by atoms with Gasteiger partial charge in [-0.25, -0.2) is 17.9 Å². The first-order valence-corrected chi connectivity index (χ1v) is 7.03. The van der Waals surface area contributed by atoms with E-state index in [2.05, 4.69) is 4.72 Å². The summed E-state index contributed by atoms with van der Waals surface area (Å²) in [5.74, 6) is -1.23. The van der Waals surface area contributed by atoms with Gasteiger partial charge in [-0.15, -0.1) is 0 Å². The normalized spacial score (nSPS) is 14.8. The van der Waals surface area contributed by atoms with Crippen molar-refractivity contribution in [1.29, 1.82) is 0 Å². The number of carboxylic acids is 1. The molecule has 1 aromatic carbocycles. The van der Waals surface area contributed by atoms with Gasteiger partial charge in [-0.3, -0.25) is 0 Å². The summed E-state index contributed by atoms with van der Waals surface area (Å²) in [4.78, 5) is 10.4. The lowest BCUT2D eigenvalue weighted by atomic mass is 10.1. The van der Waals surface area contributed by atoms with E-state index in [0.29, 0.717) is 0 Å². The van der Waals surface area contributed by atoms with E-state index in [0.717, 1.165) is 18.2 Å². The summed E-state index contributed by atoms with van der Waals surface area (Å²) in [5.41, 5.74) is 3.56. The molecule has 9 heteroatoms. The molecular formula is C11H16N2O6S. The number of nitrogen functional groups attached to an aromatic ring is 1. The number of aliphatic hydroxyl groups is 2. The molecule has 0 fully saturated rings. The van der Waals surface area contributed by atoms with Crippen molar-refractivity contribution in [3.05, 3.63) is 23.8 Å². The lowest BCUT2D eigenvalue weighted by Gasteiger charge is -2.20. The average Bonchev–Trinajstić information content (AvgIpc) is 2.36. The van der Waals surface area contributed by atoms with Crippen molar-refractivity contribution >= 4 is 21.7 Å². The summed E-state index contributed by atoms with van der Waals surface area (Å²) in [7, 11) is -4.02. The second kappa shape index (κ2) is 5.75. The fourth-order valence-corrected chi connectivity index (χ4v) is 2.58. The number of aliphatic hydroxyl groups excluding tert-OH is 1. The topological polar surface area (TPSA) is 150 Å². The Hall–Kier alpha value is -1.68. The van der Waals surface area contributed by atoms with E-state index < -0.39 is 34.7 Å². The molecule has 0 bridgehead atoms. The quantitative estimate of drug-likeness (QED) is 0.422. The third-order valence-corrected chi connectivity index (χ3v) is 4.01. The third kappa shape index (κ3) is 3.90. The maximum atomic E-state index is 12.0. The number of benzene rings is 1. The predicted molar refractivity (Wildman–Crippen MR) is 70.7 cm³/mol. The van der Waals surface area contributed by atoms with E-state index in [1.54, 1.807) is 0 Å². The van der Waals surface area contributed by atoms with Crippen LogP contribution < -0.4 is 10.5 Å². The van der Waals surface area contributed by atoms with Gasteiger partial charge in [-0.05, 0) is 25.1 Å². The summed E-state index contributed by atoms with van der Waals surface area (Å²) >= 11 is 0. The molecule has 0 aliphatic carbocycles. The number of hydrogen-bond donors (Lipinski definition) is 5. The Kier molecular flexibility index (Phi) is 4.71. The van der Waals surface area contributed by atoms with Gasteiger partial charge >= 0.3 is 5.97 Å². The van der Waals surface area contributed by atoms with Gasteiger partial charge in [-0.1, -0.05) is 0 Å². The smallest absolute Gasteiger partial charge is 0.335 e. The zero-order valence-corrected chi connectivity index (χ0v) is 11.5. The van der Waals surface area contributed by atoms with Crippen LogP contribution in [0.1, 0.15) is 17.3 Å². The molecule has 20 heavy (non-hydrogen) atoms. The van der Waals surface area contributed by atoms with Gasteiger partial charge in [0.05, 0.1) is 23.5 Å². The second-order valence-electron chi connectivity index (χ2n) is 4.54. The Morgan fingerprint density at radius 2 is 2.05 bits per heavy atom. The van der Waals surface area contributed by atoms with Crippen LogP contribution >= 0.6 is 0 Å². The molecule has 0 heterocycles. The molecule has 0 aliphatic heterocycles. The van der Waals surface area contributed by atoms with Crippen molar-refractivity contribution < 1.29 is 28.5 Å². The number of anilines is 1. The average molecular weight is 304 g/mol. The highest BCUT2D eigenvalue weighted by Gasteiger charge is 2.25. The van der Waals surface area contributed by atoms with Crippen molar-refractivity contribution in [3.8, 4) is 0 Å². The fourth-order valence-electron chi connectivity index (χ4n) is 1.31. The summed E-state index contributed by atoms with van der Waals surface area (Å²) in [6.45, 7) is 0.224. The minimum absolute atomic E-state index is 0.135. The SMILES string of the molecule is CC(O)(CO)CNS(=O)(=O)c1ccc(C(=O)O)cc1N. The molecule has 1 rings (SSSR count). The van der Waals surface area contributed by atoms with Crippen LogP contribution in [-0.4, -0.2) is 48.5 Å². The molecular weight excluding hydrogens is 288 g/mol. The number of aromatic carboxylic acids is 1. The van der Waals surface area contributed by atoms with E-state index in [-0.39, 0.29) is 16.1 Å². The summed E-state index contributed by atoms with van der Waals surface area (Å²) < 4.78 is 26.0. The Balaban J connectivity index is 3.02. The molecule has 0 saturated carbocycles. The minimum Gasteiger partial charge on any atom is -0.478 e. The monoisotopic (exact) mass is 304 g/mol. The predicted octanol–water partition coefficient (Wildman–Crippen LogP) is -1.01. The fraction of sp³-hybridized carbons (Fsp3) is 0.364. The van der Waals surface area contributed by atoms with Gasteiger partial charge in [0.25, 0.3) is 0 Å². The Bertz CT molecular complexity index is 611. The molecule has 1 atom stereocenters. The van der Waals surface area contributed by atoms with E-state index >= 15 is 0 Å². The molecule has 6 N–H and O–H groups in total. The Morgan fingerprint density at radius 1 is 1.45 bits per heavy atom. The number of nitrogens with one attached hydrogen (secondary N) is 1. The van der Waals surface area contributed by atoms with Crippen LogP contribution in [0.3, 0.4) is 0 Å². The molecule has 0 aromatic heterocycles. The van der Waals surface area contributed by atoms with Crippen LogP contribution in [0.25, 0.3) is 0 Å². The van der Waals surface area contributed by atoms with Gasteiger partial charge in [-0.2, -0.15) is 0 Å². The van der Waals surface area contributed by atoms with Gasteiger partial charge in [0.15, 0.2) is 0 Å². The van der Waals surface area contributed by atoms with E-state index in [1.165, 1.54) is 6.92 Å². The zero-order chi connectivity index (χ0) is 15.6. The maximum absolute atomic E-state index is 12.0. The molecule has 0 amide bonds. The van der Waals surface area contributed by atoms with Gasteiger partial charge in [0, 0.05) is 6.54 Å². The lowest BCUT2D eigenvalue weighted by Crippen LogP contribution is -2.43. The van der Waals surface area contributed by atoms with Crippen LogP contribution in [0.5, 0.6) is 0 Å². The standard InChI is InChI=1S/C11H16N2O6S/c1-11(17,6-14)5-13-20(18,19)9-3-2-7(10(15)16)4-8(9)12/h2-4,13-14,17H,5-6,12H2,1H3,(H,15,16). The van der Waals surface area contributed by atoms with Crippen molar-refractivity contribution in [2.45, 2.75) is 17.4 Å².